The molecule has 4 nitrogen and oxygen atoms in total. The van der Waals surface area contributed by atoms with Crippen LogP contribution in [0, 0.1) is 17.8 Å². The molecule has 3 aliphatic carbocycles. The summed E-state index contributed by atoms with van der Waals surface area (Å²) in [4.78, 5) is 4.68. The summed E-state index contributed by atoms with van der Waals surface area (Å²) in [5.74, 6) is 3.39. The zero-order valence-electron chi connectivity index (χ0n) is 32.9. The van der Waals surface area contributed by atoms with E-state index in [1.54, 1.807) is 5.19 Å². The standard InChI is InChI=1S/C49H55N3OSi/c1-30(2)42-27-43-38-11-8-7-10-37(38)39-19-17-35-18-20-40-41-12-9-22-50-49(41)53-48(40)46(35)44-26-33(25-36-24-32-13-15-34(36)16-14-32)21-23-51(44)28-31(3)47(39)52(43)29-45(42)54(4,5)6/h7-12,18,20-23,26-27,29-30,32,34,36,39,47H,3,13-17,19,24-25,28H2,1-2,4-6H3/q+2. The Hall–Kier alpha value is -4.35. The normalized spacial score (nSPS) is 23.5. The summed E-state index contributed by atoms with van der Waals surface area (Å²) in [6, 6.07) is 25.8. The van der Waals surface area contributed by atoms with Crippen molar-refractivity contribution < 1.29 is 13.6 Å². The van der Waals surface area contributed by atoms with E-state index >= 15 is 0 Å². The van der Waals surface area contributed by atoms with Crippen molar-refractivity contribution in [2.24, 2.45) is 17.8 Å². The highest BCUT2D eigenvalue weighted by Gasteiger charge is 2.45. The molecule has 3 atom stereocenters. The number of fused-ring (bicyclic) bond motifs is 16. The Labute approximate surface area is 322 Å². The van der Waals surface area contributed by atoms with Gasteiger partial charge in [-0.05, 0) is 103 Å². The van der Waals surface area contributed by atoms with Crippen LogP contribution in [0.5, 0.6) is 0 Å². The first-order valence-corrected chi connectivity index (χ1v) is 24.3. The van der Waals surface area contributed by atoms with E-state index in [2.05, 4.69) is 121 Å². The van der Waals surface area contributed by atoms with Gasteiger partial charge in [0.1, 0.15) is 0 Å². The predicted molar refractivity (Wildman–Crippen MR) is 223 cm³/mol. The number of aryl methyl sites for hydroxylation is 1. The minimum atomic E-state index is -1.66. The van der Waals surface area contributed by atoms with Crippen LogP contribution >= 0.6 is 0 Å². The molecule has 5 heteroatoms. The van der Waals surface area contributed by atoms with Gasteiger partial charge >= 0.3 is 0 Å². The minimum absolute atomic E-state index is 0.157. The molecule has 54 heavy (non-hydrogen) atoms. The van der Waals surface area contributed by atoms with Crippen LogP contribution in [0.1, 0.15) is 92.5 Å². The Morgan fingerprint density at radius 1 is 0.907 bits per heavy atom. The van der Waals surface area contributed by atoms with Gasteiger partial charge in [-0.2, -0.15) is 9.13 Å². The molecule has 0 spiro atoms. The summed E-state index contributed by atoms with van der Waals surface area (Å²) in [6.07, 6.45) is 17.1. The van der Waals surface area contributed by atoms with Crippen LogP contribution < -0.4 is 14.3 Å². The maximum atomic E-state index is 6.77. The molecule has 3 unspecified atom stereocenters. The molecule has 3 fully saturated rings. The minimum Gasteiger partial charge on any atom is -0.437 e. The van der Waals surface area contributed by atoms with Crippen LogP contribution in [0.2, 0.25) is 19.6 Å². The van der Waals surface area contributed by atoms with Gasteiger partial charge in [-0.15, -0.1) is 0 Å². The number of nitrogens with zero attached hydrogens (tertiary/aromatic N) is 3. The fourth-order valence-electron chi connectivity index (χ4n) is 11.3. The average molecular weight is 730 g/mol. The van der Waals surface area contributed by atoms with E-state index in [0.717, 1.165) is 59.2 Å². The van der Waals surface area contributed by atoms with Gasteiger partial charge in [0.2, 0.25) is 17.1 Å². The molecule has 274 valence electrons. The Bertz CT molecular complexity index is 2460. The van der Waals surface area contributed by atoms with Crippen LogP contribution in [0.25, 0.3) is 44.6 Å². The highest BCUT2D eigenvalue weighted by Crippen LogP contribution is 2.48. The molecule has 0 radical (unpaired) electrons. The third kappa shape index (κ3) is 5.55. The fourth-order valence-corrected chi connectivity index (χ4v) is 13.0. The molecule has 0 saturated heterocycles. The van der Waals surface area contributed by atoms with Crippen LogP contribution in [0.3, 0.4) is 0 Å². The van der Waals surface area contributed by atoms with Crippen molar-refractivity contribution >= 4 is 35.3 Å². The first kappa shape index (κ1) is 34.2. The second-order valence-corrected chi connectivity index (χ2v) is 23.7. The van der Waals surface area contributed by atoms with Crippen molar-refractivity contribution in [1.29, 1.82) is 0 Å². The molecule has 4 aromatic heterocycles. The molecular weight excluding hydrogens is 675 g/mol. The van der Waals surface area contributed by atoms with Crippen molar-refractivity contribution in [1.82, 2.24) is 4.98 Å². The predicted octanol–water partition coefficient (Wildman–Crippen LogP) is 10.8. The lowest BCUT2D eigenvalue weighted by Crippen LogP contribution is -2.55. The highest BCUT2D eigenvalue weighted by atomic mass is 28.3. The third-order valence-corrected chi connectivity index (χ3v) is 16.0. The van der Waals surface area contributed by atoms with Gasteiger partial charge in [0, 0.05) is 45.9 Å². The van der Waals surface area contributed by atoms with Gasteiger partial charge in [0.15, 0.2) is 30.6 Å². The van der Waals surface area contributed by atoms with Crippen molar-refractivity contribution in [2.75, 3.05) is 0 Å². The van der Waals surface area contributed by atoms with E-state index in [-0.39, 0.29) is 6.04 Å². The van der Waals surface area contributed by atoms with Crippen molar-refractivity contribution in [2.45, 2.75) is 109 Å². The molecule has 5 aliphatic rings. The van der Waals surface area contributed by atoms with Gasteiger partial charge in [-0.1, -0.05) is 83.2 Å². The van der Waals surface area contributed by atoms with Crippen LogP contribution in [-0.2, 0) is 19.4 Å². The lowest BCUT2D eigenvalue weighted by atomic mass is 9.63. The molecule has 0 amide bonds. The summed E-state index contributed by atoms with van der Waals surface area (Å²) in [5, 5.41) is 3.81. The summed E-state index contributed by atoms with van der Waals surface area (Å²) >= 11 is 0. The summed E-state index contributed by atoms with van der Waals surface area (Å²) in [7, 11) is -1.66. The third-order valence-electron chi connectivity index (χ3n) is 14.0. The molecule has 0 N–H and O–H groups in total. The first-order chi connectivity index (χ1) is 26.1. The summed E-state index contributed by atoms with van der Waals surface area (Å²) in [6.45, 7) is 18.0. The number of pyridine rings is 3. The molecule has 11 rings (SSSR count). The highest BCUT2D eigenvalue weighted by molar-refractivity contribution is 6.89. The van der Waals surface area contributed by atoms with Gasteiger partial charge in [-0.3, -0.25) is 0 Å². The van der Waals surface area contributed by atoms with E-state index in [1.165, 1.54) is 88.9 Å². The molecule has 6 heterocycles. The van der Waals surface area contributed by atoms with Gasteiger partial charge < -0.3 is 4.42 Å². The molecule has 2 aliphatic heterocycles. The molecular formula is C49H55N3OSi+2. The molecule has 6 aromatic rings. The number of rotatable bonds is 4. The Balaban J connectivity index is 1.17. The van der Waals surface area contributed by atoms with Crippen LogP contribution in [0.4, 0.5) is 0 Å². The lowest BCUT2D eigenvalue weighted by Gasteiger charge is -2.42. The van der Waals surface area contributed by atoms with Crippen LogP contribution in [-0.4, -0.2) is 13.1 Å². The maximum Gasteiger partial charge on any atom is 0.227 e. The number of hydrogen-bond acceptors (Lipinski definition) is 2. The first-order valence-electron chi connectivity index (χ1n) is 20.8. The van der Waals surface area contributed by atoms with Gasteiger partial charge in [0.25, 0.3) is 0 Å². The number of aromatic nitrogens is 3. The van der Waals surface area contributed by atoms with E-state index < -0.39 is 8.07 Å². The number of benzene rings is 2. The van der Waals surface area contributed by atoms with E-state index in [0.29, 0.717) is 11.8 Å². The van der Waals surface area contributed by atoms with Crippen molar-refractivity contribution in [3.63, 3.8) is 0 Å². The molecule has 2 bridgehead atoms. The van der Waals surface area contributed by atoms with Crippen LogP contribution in [0.15, 0.2) is 102 Å². The monoisotopic (exact) mass is 729 g/mol. The van der Waals surface area contributed by atoms with E-state index in [1.807, 2.05) is 12.3 Å². The smallest absolute Gasteiger partial charge is 0.227 e. The molecule has 2 aromatic carbocycles. The maximum absolute atomic E-state index is 6.77. The topological polar surface area (TPSA) is 33.8 Å². The zero-order chi connectivity index (χ0) is 36.9. The van der Waals surface area contributed by atoms with Gasteiger partial charge in [0.05, 0.1) is 25.1 Å². The molecule has 3 saturated carbocycles. The number of furan rings is 1. The Kier molecular flexibility index (Phi) is 8.14. The largest absolute Gasteiger partial charge is 0.437 e. The van der Waals surface area contributed by atoms with Crippen molar-refractivity contribution in [3.05, 3.63) is 120 Å². The Morgan fingerprint density at radius 3 is 2.52 bits per heavy atom. The summed E-state index contributed by atoms with van der Waals surface area (Å²) in [5.41, 5.74) is 14.0. The summed E-state index contributed by atoms with van der Waals surface area (Å²) < 4.78 is 11.9. The lowest BCUT2D eigenvalue weighted by molar-refractivity contribution is -0.722. The average Bonchev–Trinajstić information content (AvgIpc) is 3.55. The second-order valence-electron chi connectivity index (χ2n) is 18.6. The SMILES string of the molecule is C=C1C[n+]2ccc(CC3CC4CCC3CC4)cc2-c2c(ccc3c2oc2ncccc23)CCC2c3ccccc3-c3cc(C(C)C)c([Si](C)(C)C)c[n+]3C12. The van der Waals surface area contributed by atoms with Crippen molar-refractivity contribution in [3.8, 4) is 22.5 Å². The zero-order valence-corrected chi connectivity index (χ0v) is 33.9. The Morgan fingerprint density at radius 2 is 1.74 bits per heavy atom. The quantitative estimate of drug-likeness (QED) is 0.103. The van der Waals surface area contributed by atoms with E-state index in [9.17, 15) is 0 Å². The fraction of sp³-hybridized carbons (Fsp3) is 0.408. The van der Waals surface area contributed by atoms with E-state index in [4.69, 9.17) is 11.0 Å². The number of allylic oxidation sites excluding steroid dienone is 1. The van der Waals surface area contributed by atoms with Gasteiger partial charge in [-0.25, -0.2) is 4.98 Å². The second kappa shape index (κ2) is 12.9. The number of hydrogen-bond donors (Lipinski definition) is 0.